The number of fused-ring (bicyclic) bond motifs is 2. The smallest absolute Gasteiger partial charge is 0.251 e. The van der Waals surface area contributed by atoms with Crippen LogP contribution in [0.4, 0.5) is 8.78 Å². The highest BCUT2D eigenvalue weighted by atomic mass is 19.1. The molecule has 158 valence electrons. The zero-order chi connectivity index (χ0) is 22.6. The van der Waals surface area contributed by atoms with Crippen molar-refractivity contribution in [2.24, 2.45) is 12.8 Å². The summed E-state index contributed by atoms with van der Waals surface area (Å²) in [5.41, 5.74) is 6.60. The molecule has 32 heavy (non-hydrogen) atoms. The van der Waals surface area contributed by atoms with E-state index in [-0.39, 0.29) is 5.56 Å². The number of nitrogens with one attached hydrogen (secondary N) is 1. The van der Waals surface area contributed by atoms with Crippen molar-refractivity contribution in [1.29, 1.82) is 0 Å². The number of benzene rings is 2. The number of nitrogens with two attached hydrogens (primary N) is 1. The second kappa shape index (κ2) is 7.09. The third-order valence-corrected chi connectivity index (χ3v) is 5.44. The normalized spacial score (nSPS) is 11.3. The Bertz CT molecular complexity index is 1570. The summed E-state index contributed by atoms with van der Waals surface area (Å²) in [6.45, 7) is 0. The first-order valence-corrected chi connectivity index (χ1v) is 9.57. The van der Waals surface area contributed by atoms with Gasteiger partial charge in [-0.25, -0.2) is 13.8 Å². The lowest BCUT2D eigenvalue weighted by molar-refractivity contribution is 0.0996. The van der Waals surface area contributed by atoms with Gasteiger partial charge in [0.15, 0.2) is 0 Å². The molecule has 0 aliphatic rings. The number of aromatic nitrogens is 4. The number of halogens is 2. The maximum atomic E-state index is 14.7. The van der Waals surface area contributed by atoms with Crippen molar-refractivity contribution >= 4 is 33.6 Å². The van der Waals surface area contributed by atoms with E-state index in [1.807, 2.05) is 25.2 Å². The van der Waals surface area contributed by atoms with Gasteiger partial charge >= 0.3 is 0 Å². The molecule has 7 nitrogen and oxygen atoms in total. The van der Waals surface area contributed by atoms with Gasteiger partial charge in [0.05, 0.1) is 22.8 Å². The number of aromatic amines is 1. The largest absolute Gasteiger partial charge is 0.366 e. The van der Waals surface area contributed by atoms with Gasteiger partial charge in [0, 0.05) is 41.3 Å². The highest BCUT2D eigenvalue weighted by molar-refractivity contribution is 6.17. The van der Waals surface area contributed by atoms with Crippen molar-refractivity contribution in [3.63, 3.8) is 0 Å². The quantitative estimate of drug-likeness (QED) is 0.423. The van der Waals surface area contributed by atoms with Gasteiger partial charge < -0.3 is 10.7 Å². The van der Waals surface area contributed by atoms with Crippen LogP contribution in [-0.4, -0.2) is 31.4 Å². The maximum absolute atomic E-state index is 14.7. The highest BCUT2D eigenvalue weighted by Crippen LogP contribution is 2.29. The monoisotopic (exact) mass is 431 g/mol. The van der Waals surface area contributed by atoms with Crippen molar-refractivity contribution in [3.8, 4) is 11.1 Å². The van der Waals surface area contributed by atoms with Crippen LogP contribution in [0.5, 0.6) is 0 Å². The number of nitrogens with zero attached hydrogens (tertiary/aromatic N) is 3. The maximum Gasteiger partial charge on any atom is 0.251 e. The molecule has 0 saturated carbocycles. The molecule has 5 aromatic rings. The number of hydrogen-bond acceptors (Lipinski definition) is 4. The minimum Gasteiger partial charge on any atom is -0.366 e. The summed E-state index contributed by atoms with van der Waals surface area (Å²) in [6, 6.07) is 9.24. The lowest BCUT2D eigenvalue weighted by Gasteiger charge is -2.07. The number of primary amides is 1. The summed E-state index contributed by atoms with van der Waals surface area (Å²) in [5.74, 6) is -4.39. The number of pyridine rings is 1. The average molecular weight is 431 g/mol. The number of ketones is 1. The summed E-state index contributed by atoms with van der Waals surface area (Å²) < 4.78 is 30.9. The molecule has 9 heteroatoms. The Morgan fingerprint density at radius 1 is 1.03 bits per heavy atom. The van der Waals surface area contributed by atoms with Crippen LogP contribution in [0.1, 0.15) is 26.3 Å². The molecule has 0 fully saturated rings. The molecule has 0 radical (unpaired) electrons. The zero-order valence-electron chi connectivity index (χ0n) is 16.7. The van der Waals surface area contributed by atoms with Crippen molar-refractivity contribution in [3.05, 3.63) is 83.3 Å². The third-order valence-electron chi connectivity index (χ3n) is 5.44. The Hall–Kier alpha value is -4.40. The summed E-state index contributed by atoms with van der Waals surface area (Å²) in [4.78, 5) is 31.7. The molecule has 0 unspecified atom stereocenters. The number of carbonyl (C=O) groups is 2. The van der Waals surface area contributed by atoms with E-state index in [1.165, 1.54) is 6.20 Å². The van der Waals surface area contributed by atoms with Crippen LogP contribution in [0.25, 0.3) is 33.1 Å². The van der Waals surface area contributed by atoms with Gasteiger partial charge in [0.1, 0.15) is 17.3 Å². The van der Waals surface area contributed by atoms with E-state index in [0.29, 0.717) is 16.6 Å². The number of amides is 1. The molecule has 5 rings (SSSR count). The molecule has 0 saturated heterocycles. The number of hydrogen-bond donors (Lipinski definition) is 2. The van der Waals surface area contributed by atoms with E-state index < -0.39 is 34.5 Å². The van der Waals surface area contributed by atoms with Gasteiger partial charge in [-0.15, -0.1) is 0 Å². The standard InChI is InChI=1S/C23H15F2N5O2/c1-30-18-7-11(2-3-12(18)9-29-30)13-6-15-16(10-28-23(15)27-8-13)21(31)19-17(24)5-4-14(20(19)25)22(26)32/h2-10H,1H3,(H2,26,32)(H,27,28). The van der Waals surface area contributed by atoms with E-state index in [2.05, 4.69) is 15.1 Å². The summed E-state index contributed by atoms with van der Waals surface area (Å²) in [7, 11) is 1.83. The fraction of sp³-hybridized carbons (Fsp3) is 0.0435. The van der Waals surface area contributed by atoms with E-state index in [1.54, 1.807) is 23.1 Å². The van der Waals surface area contributed by atoms with E-state index in [0.717, 1.165) is 28.6 Å². The first kappa shape index (κ1) is 19.6. The summed E-state index contributed by atoms with van der Waals surface area (Å²) >= 11 is 0. The molecule has 0 aliphatic heterocycles. The second-order valence-electron chi connectivity index (χ2n) is 7.34. The molecule has 3 N–H and O–H groups in total. The van der Waals surface area contributed by atoms with Crippen molar-refractivity contribution in [2.45, 2.75) is 0 Å². The molecule has 0 atom stereocenters. The average Bonchev–Trinajstić information content (AvgIpc) is 3.36. The summed E-state index contributed by atoms with van der Waals surface area (Å²) in [6.07, 6.45) is 4.73. The van der Waals surface area contributed by atoms with E-state index in [4.69, 9.17) is 5.73 Å². The van der Waals surface area contributed by atoms with Gasteiger partial charge in [0.2, 0.25) is 5.78 Å². The van der Waals surface area contributed by atoms with Crippen molar-refractivity contribution < 1.29 is 18.4 Å². The molecular formula is C23H15F2N5O2. The molecule has 0 bridgehead atoms. The first-order valence-electron chi connectivity index (χ1n) is 9.57. The van der Waals surface area contributed by atoms with Gasteiger partial charge in [-0.05, 0) is 29.8 Å². The Morgan fingerprint density at radius 3 is 2.62 bits per heavy atom. The van der Waals surface area contributed by atoms with Crippen LogP contribution in [-0.2, 0) is 7.05 Å². The SMILES string of the molecule is Cn1ncc2ccc(-c3cnc4[nH]cc(C(=O)c5c(F)ccc(C(N)=O)c5F)c4c3)cc21. The fourth-order valence-electron chi connectivity index (χ4n) is 3.76. The van der Waals surface area contributed by atoms with E-state index >= 15 is 0 Å². The molecule has 3 aromatic heterocycles. The Balaban J connectivity index is 1.65. The minimum atomic E-state index is -1.29. The fourth-order valence-corrected chi connectivity index (χ4v) is 3.76. The van der Waals surface area contributed by atoms with E-state index in [9.17, 15) is 18.4 Å². The van der Waals surface area contributed by atoms with Crippen LogP contribution >= 0.6 is 0 Å². The van der Waals surface area contributed by atoms with Crippen LogP contribution in [0, 0.1) is 11.6 Å². The molecule has 0 spiro atoms. The highest BCUT2D eigenvalue weighted by Gasteiger charge is 2.26. The summed E-state index contributed by atoms with van der Waals surface area (Å²) in [5, 5.41) is 5.59. The third kappa shape index (κ3) is 2.94. The van der Waals surface area contributed by atoms with Gasteiger partial charge in [-0.2, -0.15) is 5.10 Å². The minimum absolute atomic E-state index is 0.0235. The van der Waals surface area contributed by atoms with Crippen LogP contribution in [0.15, 0.2) is 55.0 Å². The Morgan fingerprint density at radius 2 is 1.84 bits per heavy atom. The van der Waals surface area contributed by atoms with Crippen LogP contribution in [0.2, 0.25) is 0 Å². The number of aryl methyl sites for hydroxylation is 1. The number of H-pyrrole nitrogens is 1. The number of carbonyl (C=O) groups excluding carboxylic acids is 2. The van der Waals surface area contributed by atoms with Crippen LogP contribution < -0.4 is 5.73 Å². The predicted octanol–water partition coefficient (Wildman–Crippen LogP) is 3.72. The lowest BCUT2D eigenvalue weighted by Crippen LogP contribution is -2.17. The molecule has 1 amide bonds. The van der Waals surface area contributed by atoms with Gasteiger partial charge in [-0.1, -0.05) is 12.1 Å². The Labute approximate surface area is 179 Å². The topological polar surface area (TPSA) is 107 Å². The van der Waals surface area contributed by atoms with Crippen LogP contribution in [0.3, 0.4) is 0 Å². The predicted molar refractivity (Wildman–Crippen MR) is 114 cm³/mol. The van der Waals surface area contributed by atoms with Gasteiger partial charge in [-0.3, -0.25) is 14.3 Å². The zero-order valence-corrected chi connectivity index (χ0v) is 16.7. The molecule has 0 aliphatic carbocycles. The van der Waals surface area contributed by atoms with Gasteiger partial charge in [0.25, 0.3) is 5.91 Å². The lowest BCUT2D eigenvalue weighted by atomic mass is 9.98. The Kier molecular flexibility index (Phi) is 4.33. The molecule has 2 aromatic carbocycles. The second-order valence-corrected chi connectivity index (χ2v) is 7.34. The molecular weight excluding hydrogens is 416 g/mol. The first-order chi connectivity index (χ1) is 15.3. The van der Waals surface area contributed by atoms with Crippen molar-refractivity contribution in [1.82, 2.24) is 19.7 Å². The van der Waals surface area contributed by atoms with Crippen molar-refractivity contribution in [2.75, 3.05) is 0 Å². The number of rotatable bonds is 4. The molecule has 3 heterocycles.